The Balaban J connectivity index is 2.45. The lowest BCUT2D eigenvalue weighted by molar-refractivity contribution is -0.384. The van der Waals surface area contributed by atoms with Crippen LogP contribution in [0.25, 0.3) is 0 Å². The fraction of sp³-hybridized carbons (Fsp3) is 0.333. The van der Waals surface area contributed by atoms with Crippen LogP contribution in [0.3, 0.4) is 0 Å². The van der Waals surface area contributed by atoms with E-state index in [-0.39, 0.29) is 29.8 Å². The van der Waals surface area contributed by atoms with Crippen molar-refractivity contribution < 1.29 is 10.0 Å². The van der Waals surface area contributed by atoms with E-state index >= 15 is 0 Å². The predicted molar refractivity (Wildman–Crippen MR) is 85.8 cm³/mol. The molecule has 1 atom stereocenters. The first-order chi connectivity index (χ1) is 10.4. The summed E-state index contributed by atoms with van der Waals surface area (Å²) in [5, 5.41) is 20.8. The fourth-order valence-corrected chi connectivity index (χ4v) is 2.95. The Morgan fingerprint density at radius 2 is 2.23 bits per heavy atom. The zero-order chi connectivity index (χ0) is 16.3. The number of aliphatic hydroxyl groups excluding tert-OH is 1. The second kappa shape index (κ2) is 7.19. The summed E-state index contributed by atoms with van der Waals surface area (Å²) in [6.07, 6.45) is 1.58. The molecule has 10 heteroatoms. The largest absolute Gasteiger partial charge is 0.394 e. The van der Waals surface area contributed by atoms with Gasteiger partial charge < -0.3 is 10.0 Å². The van der Waals surface area contributed by atoms with Crippen LogP contribution in [0.1, 0.15) is 11.8 Å². The van der Waals surface area contributed by atoms with Crippen molar-refractivity contribution in [3.8, 4) is 0 Å². The molecule has 22 heavy (non-hydrogen) atoms. The van der Waals surface area contributed by atoms with E-state index in [9.17, 15) is 15.2 Å². The van der Waals surface area contributed by atoms with Gasteiger partial charge in [0.2, 0.25) is 5.82 Å². The van der Waals surface area contributed by atoms with E-state index in [1.807, 2.05) is 0 Å². The molecule has 2 heterocycles. The third-order valence-corrected chi connectivity index (χ3v) is 4.25. The number of nitrogens with zero attached hydrogens (tertiary/aromatic N) is 4. The molecule has 7 nitrogen and oxygen atoms in total. The van der Waals surface area contributed by atoms with Crippen LogP contribution in [0.2, 0.25) is 9.62 Å². The lowest BCUT2D eigenvalue weighted by Crippen LogP contribution is -2.36. The van der Waals surface area contributed by atoms with E-state index in [4.69, 9.17) is 23.2 Å². The highest BCUT2D eigenvalue weighted by Gasteiger charge is 2.26. The SMILES string of the molecule is CC(CO)N(Cc1cnc(Cl)s1)c1nc(Cl)ccc1[N+](=O)[O-]. The van der Waals surface area contributed by atoms with Crippen LogP contribution in [-0.4, -0.2) is 32.6 Å². The number of nitro groups is 1. The van der Waals surface area contributed by atoms with Crippen LogP contribution in [-0.2, 0) is 6.54 Å². The highest BCUT2D eigenvalue weighted by atomic mass is 35.5. The normalized spacial score (nSPS) is 12.2. The van der Waals surface area contributed by atoms with E-state index in [2.05, 4.69) is 9.97 Å². The van der Waals surface area contributed by atoms with Gasteiger partial charge in [-0.3, -0.25) is 10.1 Å². The van der Waals surface area contributed by atoms with Gasteiger partial charge in [-0.05, 0) is 13.0 Å². The predicted octanol–water partition coefficient (Wildman–Crippen LogP) is 3.14. The van der Waals surface area contributed by atoms with Gasteiger partial charge in [0.05, 0.1) is 24.1 Å². The number of rotatable bonds is 6. The average molecular weight is 363 g/mol. The maximum atomic E-state index is 11.2. The monoisotopic (exact) mass is 362 g/mol. The van der Waals surface area contributed by atoms with Crippen LogP contribution in [0.15, 0.2) is 18.3 Å². The van der Waals surface area contributed by atoms with Crippen LogP contribution in [0.4, 0.5) is 11.5 Å². The molecule has 0 aliphatic heterocycles. The van der Waals surface area contributed by atoms with Crippen LogP contribution < -0.4 is 4.90 Å². The number of pyridine rings is 1. The molecule has 0 amide bonds. The third kappa shape index (κ3) is 3.83. The molecule has 0 aliphatic rings. The molecule has 0 fully saturated rings. The van der Waals surface area contributed by atoms with E-state index in [0.29, 0.717) is 4.47 Å². The van der Waals surface area contributed by atoms with Crippen molar-refractivity contribution in [1.82, 2.24) is 9.97 Å². The average Bonchev–Trinajstić information content (AvgIpc) is 2.89. The number of thiazole rings is 1. The van der Waals surface area contributed by atoms with E-state index in [0.717, 1.165) is 4.88 Å². The van der Waals surface area contributed by atoms with Crippen molar-refractivity contribution in [3.63, 3.8) is 0 Å². The lowest BCUT2D eigenvalue weighted by Gasteiger charge is -2.28. The molecule has 0 saturated heterocycles. The number of hydrogen-bond donors (Lipinski definition) is 1. The van der Waals surface area contributed by atoms with Crippen molar-refractivity contribution in [2.45, 2.75) is 19.5 Å². The topological polar surface area (TPSA) is 92.4 Å². The molecule has 118 valence electrons. The Hall–Kier alpha value is -1.48. The molecule has 2 aromatic heterocycles. The number of halogens is 2. The van der Waals surface area contributed by atoms with Gasteiger partial charge in [0.15, 0.2) is 4.47 Å². The Kier molecular flexibility index (Phi) is 5.52. The standard InChI is InChI=1S/C12H12Cl2N4O3S/c1-7(6-19)17(5-8-4-15-12(14)22-8)11-9(18(20)21)2-3-10(13)16-11/h2-4,7,19H,5-6H2,1H3. The maximum Gasteiger partial charge on any atom is 0.311 e. The first-order valence-electron chi connectivity index (χ1n) is 6.21. The van der Waals surface area contributed by atoms with E-state index in [1.54, 1.807) is 18.0 Å². The summed E-state index contributed by atoms with van der Waals surface area (Å²) in [6.45, 7) is 1.81. The molecule has 0 aliphatic carbocycles. The van der Waals surface area contributed by atoms with Crippen molar-refractivity contribution in [1.29, 1.82) is 0 Å². The highest BCUT2D eigenvalue weighted by Crippen LogP contribution is 2.31. The minimum atomic E-state index is -0.532. The third-order valence-electron chi connectivity index (χ3n) is 2.94. The van der Waals surface area contributed by atoms with Crippen molar-refractivity contribution in [2.24, 2.45) is 0 Å². The van der Waals surface area contributed by atoms with Crippen molar-refractivity contribution in [2.75, 3.05) is 11.5 Å². The number of hydrogen-bond acceptors (Lipinski definition) is 7. The van der Waals surface area contributed by atoms with Gasteiger partial charge in [-0.25, -0.2) is 9.97 Å². The summed E-state index contributed by atoms with van der Waals surface area (Å²) >= 11 is 12.9. The molecule has 2 rings (SSSR count). The number of aromatic nitrogens is 2. The minimum Gasteiger partial charge on any atom is -0.394 e. The fourth-order valence-electron chi connectivity index (χ4n) is 1.83. The first kappa shape index (κ1) is 16.9. The van der Waals surface area contributed by atoms with Gasteiger partial charge in [0.1, 0.15) is 5.15 Å². The van der Waals surface area contributed by atoms with Gasteiger partial charge in [-0.15, -0.1) is 11.3 Å². The molecule has 0 spiro atoms. The maximum absolute atomic E-state index is 11.2. The van der Waals surface area contributed by atoms with Gasteiger partial charge in [-0.1, -0.05) is 23.2 Å². The Morgan fingerprint density at radius 1 is 1.50 bits per heavy atom. The van der Waals surface area contributed by atoms with Crippen molar-refractivity contribution >= 4 is 46.0 Å². The zero-order valence-electron chi connectivity index (χ0n) is 11.4. The number of aliphatic hydroxyl groups is 1. The summed E-state index contributed by atoms with van der Waals surface area (Å²) in [5.74, 6) is 0.101. The molecule has 2 aromatic rings. The van der Waals surface area contributed by atoms with Gasteiger partial charge in [0, 0.05) is 17.1 Å². The molecule has 0 radical (unpaired) electrons. The smallest absolute Gasteiger partial charge is 0.311 e. The quantitative estimate of drug-likeness (QED) is 0.482. The van der Waals surface area contributed by atoms with Crippen LogP contribution in [0.5, 0.6) is 0 Å². The molecule has 0 bridgehead atoms. The van der Waals surface area contributed by atoms with Crippen LogP contribution in [0, 0.1) is 10.1 Å². The number of anilines is 1. The second-order valence-electron chi connectivity index (χ2n) is 4.47. The van der Waals surface area contributed by atoms with E-state index in [1.165, 1.54) is 23.5 Å². The molecule has 0 aromatic carbocycles. The minimum absolute atomic E-state index is 0.101. The molecular weight excluding hydrogens is 351 g/mol. The summed E-state index contributed by atoms with van der Waals surface area (Å²) in [5.41, 5.74) is -0.180. The molecule has 1 unspecified atom stereocenters. The Bertz CT molecular complexity index is 682. The summed E-state index contributed by atoms with van der Waals surface area (Å²) in [4.78, 5) is 21.1. The van der Waals surface area contributed by atoms with E-state index < -0.39 is 11.0 Å². The summed E-state index contributed by atoms with van der Waals surface area (Å²) < 4.78 is 0.375. The van der Waals surface area contributed by atoms with Gasteiger partial charge in [0.25, 0.3) is 0 Å². The van der Waals surface area contributed by atoms with Gasteiger partial charge in [-0.2, -0.15) is 0 Å². The molecular formula is C12H12Cl2N4O3S. The van der Waals surface area contributed by atoms with Crippen molar-refractivity contribution in [3.05, 3.63) is 42.9 Å². The summed E-state index contributed by atoms with van der Waals surface area (Å²) in [7, 11) is 0. The zero-order valence-corrected chi connectivity index (χ0v) is 13.8. The Labute approximate surface area is 140 Å². The lowest BCUT2D eigenvalue weighted by atomic mass is 10.2. The summed E-state index contributed by atoms with van der Waals surface area (Å²) in [6, 6.07) is 2.25. The highest BCUT2D eigenvalue weighted by molar-refractivity contribution is 7.15. The second-order valence-corrected chi connectivity index (χ2v) is 6.56. The van der Waals surface area contributed by atoms with Crippen LogP contribution >= 0.6 is 34.5 Å². The molecule has 1 N–H and O–H groups in total. The first-order valence-corrected chi connectivity index (χ1v) is 7.78. The molecule has 0 saturated carbocycles. The van der Waals surface area contributed by atoms with Gasteiger partial charge >= 0.3 is 5.69 Å². The Morgan fingerprint density at radius 3 is 2.77 bits per heavy atom.